The summed E-state index contributed by atoms with van der Waals surface area (Å²) < 4.78 is 0. The van der Waals surface area contributed by atoms with E-state index in [-0.39, 0.29) is 0 Å². The van der Waals surface area contributed by atoms with Crippen molar-refractivity contribution in [3.63, 3.8) is 0 Å². The molecule has 0 aliphatic heterocycles. The second-order valence-electron chi connectivity index (χ2n) is 7.83. The summed E-state index contributed by atoms with van der Waals surface area (Å²) in [6, 6.07) is 9.99. The Labute approximate surface area is 143 Å². The first-order valence-electron chi connectivity index (χ1n) is 8.80. The summed E-state index contributed by atoms with van der Waals surface area (Å²) in [6.45, 7) is 2.20. The predicted octanol–water partition coefficient (Wildman–Crippen LogP) is 4.57. The average molecular weight is 327 g/mol. The largest absolute Gasteiger partial charge is 0.331 e. The summed E-state index contributed by atoms with van der Waals surface area (Å²) in [4.78, 5) is 0. The van der Waals surface area contributed by atoms with Gasteiger partial charge in [0.25, 0.3) is 0 Å². The van der Waals surface area contributed by atoms with Gasteiger partial charge in [0.05, 0.1) is 0 Å². The Morgan fingerprint density at radius 1 is 1.04 bits per heavy atom. The quantitative estimate of drug-likeness (QED) is 0.485. The van der Waals surface area contributed by atoms with Crippen molar-refractivity contribution in [2.45, 2.75) is 45.4 Å². The minimum atomic E-state index is 0.351. The maximum atomic E-state index is 5.37. The molecule has 0 heterocycles. The highest BCUT2D eigenvalue weighted by Crippen LogP contribution is 2.60. The second kappa shape index (κ2) is 5.90. The van der Waals surface area contributed by atoms with Gasteiger partial charge in [-0.1, -0.05) is 18.2 Å². The fraction of sp³-hybridized carbons (Fsp3) is 0.579. The Morgan fingerprint density at radius 2 is 1.61 bits per heavy atom. The maximum absolute atomic E-state index is 5.37. The van der Waals surface area contributed by atoms with E-state index in [4.69, 9.17) is 12.2 Å². The number of nitrogens with one attached hydrogen (secondary N) is 2. The number of thiocarbonyl (C=S) groups is 1. The van der Waals surface area contributed by atoms with Crippen LogP contribution in [0.5, 0.6) is 0 Å². The number of rotatable bonds is 3. The summed E-state index contributed by atoms with van der Waals surface area (Å²) in [6.07, 6.45) is 8.43. The summed E-state index contributed by atoms with van der Waals surface area (Å²) in [5, 5.41) is 8.43. The Hall–Kier alpha value is -1.42. The molecule has 4 aliphatic carbocycles. The standard InChI is InChI=1S/C19H25N3S/c1-13(21-22-18(23)20-17-5-3-2-4-6-17)19-10-14-7-15(11-19)9-16(8-14)12-19/h2-6,14-16H,7-12H2,1H3,(H2,20,22,23)/b21-13+. The van der Waals surface area contributed by atoms with Crippen molar-refractivity contribution in [1.82, 2.24) is 5.43 Å². The molecule has 4 saturated carbocycles. The van der Waals surface area contributed by atoms with E-state index in [1.54, 1.807) is 0 Å². The zero-order chi connectivity index (χ0) is 15.9. The first kappa shape index (κ1) is 15.1. The lowest BCUT2D eigenvalue weighted by Gasteiger charge is -2.56. The fourth-order valence-electron chi connectivity index (χ4n) is 5.49. The molecule has 2 N–H and O–H groups in total. The molecule has 4 fully saturated rings. The third-order valence-corrected chi connectivity index (χ3v) is 6.36. The van der Waals surface area contributed by atoms with Gasteiger partial charge in [-0.2, -0.15) is 5.10 Å². The smallest absolute Gasteiger partial charge is 0.191 e. The molecule has 4 aliphatic rings. The molecule has 4 bridgehead atoms. The van der Waals surface area contributed by atoms with Crippen molar-refractivity contribution in [2.24, 2.45) is 28.3 Å². The number of para-hydroxylation sites is 1. The van der Waals surface area contributed by atoms with Gasteiger partial charge in [0.15, 0.2) is 5.11 Å². The van der Waals surface area contributed by atoms with Crippen LogP contribution in [-0.2, 0) is 0 Å². The normalized spacial score (nSPS) is 35.2. The predicted molar refractivity (Wildman–Crippen MR) is 99.5 cm³/mol. The van der Waals surface area contributed by atoms with Crippen molar-refractivity contribution in [2.75, 3.05) is 5.32 Å². The maximum Gasteiger partial charge on any atom is 0.191 e. The lowest BCUT2D eigenvalue weighted by Crippen LogP contribution is -2.49. The van der Waals surface area contributed by atoms with Gasteiger partial charge in [0, 0.05) is 16.8 Å². The van der Waals surface area contributed by atoms with Gasteiger partial charge in [-0.05, 0) is 87.6 Å². The van der Waals surface area contributed by atoms with Crippen LogP contribution in [0.4, 0.5) is 5.69 Å². The third-order valence-electron chi connectivity index (χ3n) is 6.16. The second-order valence-corrected chi connectivity index (χ2v) is 8.24. The first-order chi connectivity index (χ1) is 11.1. The summed E-state index contributed by atoms with van der Waals surface area (Å²) in [7, 11) is 0. The Morgan fingerprint density at radius 3 is 2.17 bits per heavy atom. The van der Waals surface area contributed by atoms with Crippen LogP contribution in [0.15, 0.2) is 35.4 Å². The number of hydrazone groups is 1. The fourth-order valence-corrected chi connectivity index (χ4v) is 5.65. The zero-order valence-corrected chi connectivity index (χ0v) is 14.5. The van der Waals surface area contributed by atoms with E-state index in [1.165, 1.54) is 44.2 Å². The van der Waals surface area contributed by atoms with Crippen molar-refractivity contribution < 1.29 is 0 Å². The molecule has 5 rings (SSSR count). The minimum absolute atomic E-state index is 0.351. The van der Waals surface area contributed by atoms with Gasteiger partial charge in [-0.15, -0.1) is 0 Å². The third kappa shape index (κ3) is 3.01. The molecule has 0 unspecified atom stereocenters. The monoisotopic (exact) mass is 327 g/mol. The first-order valence-corrected chi connectivity index (χ1v) is 9.21. The lowest BCUT2D eigenvalue weighted by molar-refractivity contribution is -0.0128. The van der Waals surface area contributed by atoms with Crippen LogP contribution in [0.1, 0.15) is 45.4 Å². The van der Waals surface area contributed by atoms with Crippen LogP contribution >= 0.6 is 12.2 Å². The van der Waals surface area contributed by atoms with Crippen molar-refractivity contribution in [3.8, 4) is 0 Å². The van der Waals surface area contributed by atoms with Crippen LogP contribution in [0.3, 0.4) is 0 Å². The highest BCUT2D eigenvalue weighted by Gasteiger charge is 2.52. The van der Waals surface area contributed by atoms with E-state index in [0.29, 0.717) is 10.5 Å². The highest BCUT2D eigenvalue weighted by molar-refractivity contribution is 7.80. The van der Waals surface area contributed by atoms with Crippen LogP contribution < -0.4 is 10.7 Å². The summed E-state index contributed by atoms with van der Waals surface area (Å²) >= 11 is 5.37. The summed E-state index contributed by atoms with van der Waals surface area (Å²) in [5.74, 6) is 2.84. The van der Waals surface area contributed by atoms with E-state index in [1.807, 2.05) is 30.3 Å². The molecule has 1 aromatic carbocycles. The number of hydrogen-bond acceptors (Lipinski definition) is 2. The molecular weight excluding hydrogens is 302 g/mol. The molecule has 0 saturated heterocycles. The van der Waals surface area contributed by atoms with Gasteiger partial charge < -0.3 is 5.32 Å². The Bertz CT molecular complexity index is 587. The molecule has 0 aromatic heterocycles. The van der Waals surface area contributed by atoms with Crippen molar-refractivity contribution in [1.29, 1.82) is 0 Å². The van der Waals surface area contributed by atoms with Gasteiger partial charge in [0.2, 0.25) is 0 Å². The SMILES string of the molecule is C/C(=N\NC(=S)Nc1ccccc1)C12CC3CC(CC(C3)C1)C2. The van der Waals surface area contributed by atoms with Gasteiger partial charge in [-0.3, -0.25) is 5.43 Å². The van der Waals surface area contributed by atoms with Gasteiger partial charge in [-0.25, -0.2) is 0 Å². The van der Waals surface area contributed by atoms with E-state index in [9.17, 15) is 0 Å². The molecule has 3 nitrogen and oxygen atoms in total. The minimum Gasteiger partial charge on any atom is -0.331 e. The summed E-state index contributed by atoms with van der Waals surface area (Å²) in [5.41, 5.74) is 5.67. The Kier molecular flexibility index (Phi) is 3.88. The average Bonchev–Trinajstić information content (AvgIpc) is 2.52. The van der Waals surface area contributed by atoms with E-state index in [0.717, 1.165) is 23.4 Å². The molecule has 0 radical (unpaired) electrons. The number of hydrogen-bond donors (Lipinski definition) is 2. The molecule has 0 atom stereocenters. The van der Waals surface area contributed by atoms with Gasteiger partial charge in [0.1, 0.15) is 0 Å². The van der Waals surface area contributed by atoms with E-state index >= 15 is 0 Å². The number of benzene rings is 1. The van der Waals surface area contributed by atoms with Gasteiger partial charge >= 0.3 is 0 Å². The van der Waals surface area contributed by atoms with Crippen LogP contribution in [0.25, 0.3) is 0 Å². The zero-order valence-electron chi connectivity index (χ0n) is 13.7. The van der Waals surface area contributed by atoms with Crippen molar-refractivity contribution in [3.05, 3.63) is 30.3 Å². The lowest BCUT2D eigenvalue weighted by atomic mass is 9.48. The molecule has 1 aromatic rings. The molecular formula is C19H25N3S. The van der Waals surface area contributed by atoms with Crippen LogP contribution in [0.2, 0.25) is 0 Å². The highest BCUT2D eigenvalue weighted by atomic mass is 32.1. The molecule has 122 valence electrons. The van der Waals surface area contributed by atoms with E-state index in [2.05, 4.69) is 22.8 Å². The van der Waals surface area contributed by atoms with Crippen molar-refractivity contribution >= 4 is 28.7 Å². The topological polar surface area (TPSA) is 36.4 Å². The molecule has 23 heavy (non-hydrogen) atoms. The van der Waals surface area contributed by atoms with Crippen LogP contribution in [-0.4, -0.2) is 10.8 Å². The Balaban J connectivity index is 1.41. The molecule has 0 amide bonds. The number of nitrogens with zero attached hydrogens (tertiary/aromatic N) is 1. The molecule has 4 heteroatoms. The number of anilines is 1. The van der Waals surface area contributed by atoms with Crippen LogP contribution in [0, 0.1) is 23.2 Å². The molecule has 0 spiro atoms. The van der Waals surface area contributed by atoms with E-state index < -0.39 is 0 Å².